The molecule has 0 aliphatic rings. The summed E-state index contributed by atoms with van der Waals surface area (Å²) in [5.74, 6) is 0. The Morgan fingerprint density at radius 2 is 0.880 bits per heavy atom. The van der Waals surface area contributed by atoms with E-state index in [2.05, 4.69) is 30.9 Å². The van der Waals surface area contributed by atoms with E-state index in [1.54, 1.807) is 0 Å². The molecule has 0 N–H and O–H groups in total. The molecule has 0 saturated carbocycles. The van der Waals surface area contributed by atoms with Crippen LogP contribution in [0.25, 0.3) is 0 Å². The summed E-state index contributed by atoms with van der Waals surface area (Å²) < 4.78 is 0. The van der Waals surface area contributed by atoms with E-state index in [0.29, 0.717) is 0 Å². The molecule has 0 nitrogen and oxygen atoms in total. The van der Waals surface area contributed by atoms with Crippen molar-refractivity contribution in [2.45, 2.75) is 0 Å². The summed E-state index contributed by atoms with van der Waals surface area (Å²) in [6.45, 7) is 2.15. The van der Waals surface area contributed by atoms with Gasteiger partial charge in [0.1, 0.15) is 0 Å². The second kappa shape index (κ2) is 13.2. The number of hydrogen-bond acceptors (Lipinski definition) is 0. The SMILES string of the molecule is [B-][P+](C)([c-]1cccc1)[c-]1cccc1.[Fe+2].[Fe+2].c1cc[cH-]c1.c1cc[cH-]c1. The van der Waals surface area contributed by atoms with Crippen molar-refractivity contribution in [1.29, 1.82) is 0 Å². The summed E-state index contributed by atoms with van der Waals surface area (Å²) in [4.78, 5) is 0. The predicted molar refractivity (Wildman–Crippen MR) is 106 cm³/mol. The minimum Gasteiger partial charge on any atom is -0.324 e. The maximum Gasteiger partial charge on any atom is 2.00 e. The van der Waals surface area contributed by atoms with Gasteiger partial charge in [0.15, 0.2) is 0 Å². The van der Waals surface area contributed by atoms with Crippen LogP contribution in [0.1, 0.15) is 0 Å². The van der Waals surface area contributed by atoms with Crippen LogP contribution >= 0.6 is 7.14 Å². The first-order valence-corrected chi connectivity index (χ1v) is 9.95. The van der Waals surface area contributed by atoms with Gasteiger partial charge in [0.2, 0.25) is 0 Å². The van der Waals surface area contributed by atoms with Gasteiger partial charge in [-0.1, -0.05) is 10.6 Å². The van der Waals surface area contributed by atoms with Crippen molar-refractivity contribution in [2.75, 3.05) is 6.66 Å². The van der Waals surface area contributed by atoms with Crippen molar-refractivity contribution in [2.24, 2.45) is 0 Å². The third-order valence-corrected chi connectivity index (χ3v) is 6.22. The van der Waals surface area contributed by atoms with E-state index in [0.717, 1.165) is 0 Å². The van der Waals surface area contributed by atoms with Crippen molar-refractivity contribution >= 4 is 25.3 Å². The zero-order valence-electron chi connectivity index (χ0n) is 14.1. The van der Waals surface area contributed by atoms with Crippen LogP contribution in [0, 0.1) is 0 Å². The Morgan fingerprint density at radius 1 is 0.600 bits per heavy atom. The molecule has 4 heteroatoms. The first-order valence-electron chi connectivity index (χ1n) is 7.64. The first kappa shape index (κ1) is 23.9. The molecule has 4 rings (SSSR count). The average Bonchev–Trinajstić information content (AvgIpc) is 3.44. The van der Waals surface area contributed by atoms with Crippen LogP contribution in [-0.4, -0.2) is 14.2 Å². The van der Waals surface area contributed by atoms with Crippen LogP contribution in [0.3, 0.4) is 0 Å². The van der Waals surface area contributed by atoms with Gasteiger partial charge in [0.05, 0.1) is 0 Å². The van der Waals surface area contributed by atoms with Crippen molar-refractivity contribution in [3.8, 4) is 0 Å². The van der Waals surface area contributed by atoms with E-state index in [1.165, 1.54) is 10.6 Å². The molecule has 0 aliphatic carbocycles. The molecule has 129 valence electrons. The van der Waals surface area contributed by atoms with Crippen molar-refractivity contribution in [1.82, 2.24) is 0 Å². The molecule has 0 atom stereocenters. The number of hydrogen-bond donors (Lipinski definition) is 0. The van der Waals surface area contributed by atoms with Crippen LogP contribution in [0.2, 0.25) is 0 Å². The maximum atomic E-state index is 6.36. The summed E-state index contributed by atoms with van der Waals surface area (Å²) in [6.07, 6.45) is 0. The van der Waals surface area contributed by atoms with Gasteiger partial charge in [-0.2, -0.15) is 36.4 Å². The summed E-state index contributed by atoms with van der Waals surface area (Å²) in [6, 6.07) is 36.6. The van der Waals surface area contributed by atoms with Crippen molar-refractivity contribution < 1.29 is 34.1 Å². The molecule has 0 saturated heterocycles. The van der Waals surface area contributed by atoms with E-state index < -0.39 is 7.14 Å². The summed E-state index contributed by atoms with van der Waals surface area (Å²) >= 11 is 0. The molecule has 0 heterocycles. The van der Waals surface area contributed by atoms with E-state index in [9.17, 15) is 0 Å². The molecule has 0 spiro atoms. The van der Waals surface area contributed by atoms with Gasteiger partial charge < -0.3 is 7.57 Å². The molecule has 0 amide bonds. The molecule has 0 aliphatic heterocycles. The second-order valence-corrected chi connectivity index (χ2v) is 8.47. The van der Waals surface area contributed by atoms with Gasteiger partial charge in [-0.05, 0) is 6.66 Å². The minimum absolute atomic E-state index is 0. The third kappa shape index (κ3) is 8.24. The van der Waals surface area contributed by atoms with Gasteiger partial charge in [0.25, 0.3) is 0 Å². The van der Waals surface area contributed by atoms with Gasteiger partial charge >= 0.3 is 34.1 Å². The summed E-state index contributed by atoms with van der Waals surface area (Å²) in [5, 5.41) is 2.55. The zero-order chi connectivity index (χ0) is 16.4. The first-order chi connectivity index (χ1) is 11.2. The van der Waals surface area contributed by atoms with E-state index in [1.807, 2.05) is 84.9 Å². The Morgan fingerprint density at radius 3 is 1.08 bits per heavy atom. The van der Waals surface area contributed by atoms with E-state index >= 15 is 0 Å². The largest absolute Gasteiger partial charge is 2.00 e. The molecular formula is C21H21BFe2P. The molecule has 4 aromatic carbocycles. The smallest absolute Gasteiger partial charge is 0.324 e. The molecular weight excluding hydrogens is 406 g/mol. The van der Waals surface area contributed by atoms with Gasteiger partial charge in [0, 0.05) is 0 Å². The Bertz CT molecular complexity index is 597. The van der Waals surface area contributed by atoms with Crippen LogP contribution in [0.4, 0.5) is 0 Å². The Hall–Kier alpha value is -1.07. The molecule has 0 bridgehead atoms. The normalized spacial score (nSPS) is 9.36. The molecule has 0 fully saturated rings. The Labute approximate surface area is 174 Å². The minimum atomic E-state index is -1.55. The van der Waals surface area contributed by atoms with Gasteiger partial charge in [-0.15, -0.1) is 24.3 Å². The quantitative estimate of drug-likeness (QED) is 0.249. The van der Waals surface area contributed by atoms with Crippen molar-refractivity contribution in [3.63, 3.8) is 0 Å². The Balaban J connectivity index is 0.000000400. The fraction of sp³-hybridized carbons (Fsp3) is 0.0476. The summed E-state index contributed by atoms with van der Waals surface area (Å²) in [5.41, 5.74) is 0. The van der Waals surface area contributed by atoms with Gasteiger partial charge in [-0.3, -0.25) is 7.14 Å². The van der Waals surface area contributed by atoms with E-state index in [4.69, 9.17) is 7.57 Å². The fourth-order valence-electron chi connectivity index (χ4n) is 2.14. The van der Waals surface area contributed by atoms with Gasteiger partial charge in [-0.25, -0.2) is 48.5 Å². The number of rotatable bonds is 2. The van der Waals surface area contributed by atoms with Crippen LogP contribution in [0.5, 0.6) is 0 Å². The monoisotopic (exact) mass is 427 g/mol. The maximum absolute atomic E-state index is 6.36. The average molecular weight is 427 g/mol. The van der Waals surface area contributed by atoms with Crippen molar-refractivity contribution in [3.05, 3.63) is 109 Å². The standard InChI is InChI=1S/C11H11BP.2C5H5.2Fe/c1-13(12,10-6-2-3-7-10)11-8-4-5-9-11;2*1-2-4-5-3-1;;/h2-9H,1H3;2*1-5H;;/q-2;2*-1;2*+2. The predicted octanol–water partition coefficient (Wildman–Crippen LogP) is 4.61. The van der Waals surface area contributed by atoms with Crippen LogP contribution in [-0.2, 0) is 34.1 Å². The Kier molecular flexibility index (Phi) is 12.6. The zero-order valence-corrected chi connectivity index (χ0v) is 17.2. The molecule has 25 heavy (non-hydrogen) atoms. The second-order valence-electron chi connectivity index (χ2n) is 5.29. The van der Waals surface area contributed by atoms with E-state index in [-0.39, 0.29) is 34.1 Å². The fourth-order valence-corrected chi connectivity index (χ4v) is 4.02. The molecule has 0 unspecified atom stereocenters. The van der Waals surface area contributed by atoms with Crippen LogP contribution in [0.15, 0.2) is 109 Å². The third-order valence-electron chi connectivity index (χ3n) is 3.47. The topological polar surface area (TPSA) is 0 Å². The molecule has 4 aromatic rings. The van der Waals surface area contributed by atoms with Crippen LogP contribution < -0.4 is 10.6 Å². The summed E-state index contributed by atoms with van der Waals surface area (Å²) in [7, 11) is 4.81. The molecule has 3 radical (unpaired) electrons. The molecule has 0 aromatic heterocycles.